The van der Waals surface area contributed by atoms with Crippen molar-refractivity contribution in [2.24, 2.45) is 0 Å². The lowest BCUT2D eigenvalue weighted by atomic mass is 10.1. The van der Waals surface area contributed by atoms with Gasteiger partial charge in [0, 0.05) is 12.6 Å². The molecule has 0 radical (unpaired) electrons. The zero-order valence-electron chi connectivity index (χ0n) is 10.4. The van der Waals surface area contributed by atoms with Gasteiger partial charge >= 0.3 is 0 Å². The van der Waals surface area contributed by atoms with Crippen molar-refractivity contribution >= 4 is 0 Å². The molecule has 0 aliphatic rings. The Hall–Kier alpha value is -1.33. The molecule has 1 aromatic heterocycles. The Morgan fingerprint density at radius 3 is 2.94 bits per heavy atom. The van der Waals surface area contributed by atoms with Gasteiger partial charge in [0.25, 0.3) is 0 Å². The molecule has 2 nitrogen and oxygen atoms in total. The first-order chi connectivity index (χ1) is 7.77. The van der Waals surface area contributed by atoms with Crippen LogP contribution in [0.1, 0.15) is 44.0 Å². The van der Waals surface area contributed by atoms with Crippen LogP contribution in [-0.2, 0) is 0 Å². The highest BCUT2D eigenvalue weighted by atomic mass is 14.9. The van der Waals surface area contributed by atoms with E-state index in [2.05, 4.69) is 42.1 Å². The van der Waals surface area contributed by atoms with Crippen LogP contribution in [0.4, 0.5) is 0 Å². The number of nitrogens with zero attached hydrogens (tertiary/aromatic N) is 1. The van der Waals surface area contributed by atoms with Crippen molar-refractivity contribution in [1.82, 2.24) is 10.3 Å². The van der Waals surface area contributed by atoms with Gasteiger partial charge in [-0.1, -0.05) is 6.92 Å². The minimum atomic E-state index is 0.257. The van der Waals surface area contributed by atoms with E-state index in [-0.39, 0.29) is 6.04 Å². The van der Waals surface area contributed by atoms with Crippen LogP contribution in [0.25, 0.3) is 0 Å². The van der Waals surface area contributed by atoms with Gasteiger partial charge in [-0.25, -0.2) is 0 Å². The van der Waals surface area contributed by atoms with E-state index in [1.807, 2.05) is 19.2 Å². The van der Waals surface area contributed by atoms with E-state index in [4.69, 9.17) is 0 Å². The molecule has 16 heavy (non-hydrogen) atoms. The van der Waals surface area contributed by atoms with Gasteiger partial charge in [-0.15, -0.1) is 11.8 Å². The number of aromatic nitrogens is 1. The molecular weight excluding hydrogens is 196 g/mol. The Labute approximate surface area is 98.5 Å². The Bertz CT molecular complexity index is 374. The van der Waals surface area contributed by atoms with Gasteiger partial charge in [-0.2, -0.15) is 0 Å². The van der Waals surface area contributed by atoms with E-state index in [0.29, 0.717) is 0 Å². The summed E-state index contributed by atoms with van der Waals surface area (Å²) in [7, 11) is 0. The van der Waals surface area contributed by atoms with Gasteiger partial charge in [0.05, 0.1) is 11.7 Å². The summed E-state index contributed by atoms with van der Waals surface area (Å²) in [5.74, 6) is 6.06. The quantitative estimate of drug-likeness (QED) is 0.766. The molecule has 2 heteroatoms. The second-order valence-electron chi connectivity index (χ2n) is 3.90. The Morgan fingerprint density at radius 1 is 1.50 bits per heavy atom. The lowest BCUT2D eigenvalue weighted by Gasteiger charge is -2.15. The molecule has 0 saturated carbocycles. The normalized spacial score (nSPS) is 11.7. The molecule has 0 aromatic carbocycles. The van der Waals surface area contributed by atoms with Crippen molar-refractivity contribution in [2.75, 3.05) is 6.54 Å². The third-order valence-electron chi connectivity index (χ3n) is 2.42. The van der Waals surface area contributed by atoms with Crippen LogP contribution >= 0.6 is 0 Å². The molecule has 0 saturated heterocycles. The Kier molecular flexibility index (Phi) is 5.60. The van der Waals surface area contributed by atoms with E-state index < -0.39 is 0 Å². The molecule has 0 aliphatic heterocycles. The molecule has 1 N–H and O–H groups in total. The molecule has 0 fully saturated rings. The first-order valence-corrected chi connectivity index (χ1v) is 5.83. The van der Waals surface area contributed by atoms with E-state index in [9.17, 15) is 0 Å². The topological polar surface area (TPSA) is 24.9 Å². The fraction of sp³-hybridized carbons (Fsp3) is 0.500. The number of aryl methyl sites for hydroxylation is 1. The first kappa shape index (κ1) is 12.7. The standard InChI is InChI=1S/C14H20N2/c1-4-6-7-13(15-9-5-2)14-11-12(3)8-10-16-14/h8,10-11,13,15H,5,7,9H2,1-3H3. The van der Waals surface area contributed by atoms with Gasteiger partial charge in [-0.3, -0.25) is 4.98 Å². The molecule has 1 unspecified atom stereocenters. The number of nitrogens with one attached hydrogen (secondary N) is 1. The average molecular weight is 216 g/mol. The summed E-state index contributed by atoms with van der Waals surface area (Å²) in [5.41, 5.74) is 2.34. The van der Waals surface area contributed by atoms with Crippen molar-refractivity contribution < 1.29 is 0 Å². The minimum absolute atomic E-state index is 0.257. The predicted molar refractivity (Wildman–Crippen MR) is 68.1 cm³/mol. The maximum absolute atomic E-state index is 4.42. The number of pyridine rings is 1. The summed E-state index contributed by atoms with van der Waals surface area (Å²) in [4.78, 5) is 4.42. The van der Waals surface area contributed by atoms with Crippen LogP contribution in [0.5, 0.6) is 0 Å². The third kappa shape index (κ3) is 4.04. The van der Waals surface area contributed by atoms with E-state index in [1.165, 1.54) is 5.56 Å². The third-order valence-corrected chi connectivity index (χ3v) is 2.42. The highest BCUT2D eigenvalue weighted by Crippen LogP contribution is 2.14. The SMILES string of the molecule is CC#CCC(NCCC)c1cc(C)ccn1. The second kappa shape index (κ2) is 7.03. The van der Waals surface area contributed by atoms with Crippen molar-refractivity contribution in [1.29, 1.82) is 0 Å². The maximum Gasteiger partial charge on any atom is 0.0606 e. The lowest BCUT2D eigenvalue weighted by molar-refractivity contribution is 0.530. The predicted octanol–water partition coefficient (Wildman–Crippen LogP) is 2.84. The summed E-state index contributed by atoms with van der Waals surface area (Å²) in [6, 6.07) is 4.41. The Balaban J connectivity index is 2.76. The highest BCUT2D eigenvalue weighted by molar-refractivity contribution is 5.19. The van der Waals surface area contributed by atoms with Gasteiger partial charge in [0.15, 0.2) is 0 Å². The van der Waals surface area contributed by atoms with Crippen molar-refractivity contribution in [3.05, 3.63) is 29.6 Å². The van der Waals surface area contributed by atoms with Crippen molar-refractivity contribution in [2.45, 2.75) is 39.7 Å². The fourth-order valence-electron chi connectivity index (χ4n) is 1.55. The minimum Gasteiger partial charge on any atom is -0.308 e. The van der Waals surface area contributed by atoms with Crippen LogP contribution in [0.15, 0.2) is 18.3 Å². The van der Waals surface area contributed by atoms with Crippen LogP contribution in [0, 0.1) is 18.8 Å². The van der Waals surface area contributed by atoms with Crippen LogP contribution < -0.4 is 5.32 Å². The van der Waals surface area contributed by atoms with Gasteiger partial charge in [0.2, 0.25) is 0 Å². The molecule has 1 atom stereocenters. The molecule has 1 aromatic rings. The summed E-state index contributed by atoms with van der Waals surface area (Å²) >= 11 is 0. The van der Waals surface area contributed by atoms with Crippen LogP contribution in [0.2, 0.25) is 0 Å². The monoisotopic (exact) mass is 216 g/mol. The van der Waals surface area contributed by atoms with E-state index in [1.54, 1.807) is 0 Å². The van der Waals surface area contributed by atoms with Crippen molar-refractivity contribution in [3.8, 4) is 11.8 Å². The number of hydrogen-bond donors (Lipinski definition) is 1. The summed E-state index contributed by atoms with van der Waals surface area (Å²) in [6.45, 7) is 7.14. The molecule has 0 bridgehead atoms. The highest BCUT2D eigenvalue weighted by Gasteiger charge is 2.10. The summed E-state index contributed by atoms with van der Waals surface area (Å²) in [6.07, 6.45) is 3.82. The smallest absolute Gasteiger partial charge is 0.0606 e. The molecule has 0 spiro atoms. The molecule has 1 heterocycles. The van der Waals surface area contributed by atoms with Crippen LogP contribution in [0.3, 0.4) is 0 Å². The molecular formula is C14H20N2. The molecule has 86 valence electrons. The molecule has 1 rings (SSSR count). The lowest BCUT2D eigenvalue weighted by Crippen LogP contribution is -2.22. The van der Waals surface area contributed by atoms with Crippen LogP contribution in [-0.4, -0.2) is 11.5 Å². The van der Waals surface area contributed by atoms with Gasteiger partial charge in [-0.05, 0) is 44.5 Å². The molecule has 0 aliphatic carbocycles. The fourth-order valence-corrected chi connectivity index (χ4v) is 1.55. The largest absolute Gasteiger partial charge is 0.308 e. The van der Waals surface area contributed by atoms with Gasteiger partial charge < -0.3 is 5.32 Å². The maximum atomic E-state index is 4.42. The van der Waals surface area contributed by atoms with Gasteiger partial charge in [0.1, 0.15) is 0 Å². The number of rotatable bonds is 5. The summed E-state index contributed by atoms with van der Waals surface area (Å²) in [5, 5.41) is 3.48. The summed E-state index contributed by atoms with van der Waals surface area (Å²) < 4.78 is 0. The second-order valence-corrected chi connectivity index (χ2v) is 3.90. The Morgan fingerprint density at radius 2 is 2.31 bits per heavy atom. The zero-order valence-corrected chi connectivity index (χ0v) is 10.4. The average Bonchev–Trinajstić information content (AvgIpc) is 2.29. The van der Waals surface area contributed by atoms with E-state index in [0.717, 1.165) is 25.1 Å². The number of hydrogen-bond acceptors (Lipinski definition) is 2. The first-order valence-electron chi connectivity index (χ1n) is 5.83. The molecule has 0 amide bonds. The zero-order chi connectivity index (χ0) is 11.8. The van der Waals surface area contributed by atoms with E-state index >= 15 is 0 Å². The van der Waals surface area contributed by atoms with Crippen molar-refractivity contribution in [3.63, 3.8) is 0 Å².